The molecule has 192 valence electrons. The van der Waals surface area contributed by atoms with Crippen molar-refractivity contribution in [1.82, 2.24) is 4.31 Å². The molecule has 0 atom stereocenters. The van der Waals surface area contributed by atoms with Crippen molar-refractivity contribution in [2.45, 2.75) is 45.5 Å². The van der Waals surface area contributed by atoms with E-state index in [1.807, 2.05) is 19.1 Å². The molecule has 1 aromatic rings. The fourth-order valence-corrected chi connectivity index (χ4v) is 10.4. The standard InChI is InChI=1S/C19H30F3N2O6S3/c1-5-12-24(13-6-2)33(29,30)18(32(27,28)19(20,21)22)31(25,26)15-7-14-23(4)17-10-8-16(3)9-11-17/h8-11H,5-7,12-15H2,1-4H3/q-1. The van der Waals surface area contributed by atoms with Crippen LogP contribution in [-0.4, -0.2) is 67.5 Å². The van der Waals surface area contributed by atoms with Gasteiger partial charge in [-0.2, -0.15) is 13.2 Å². The summed E-state index contributed by atoms with van der Waals surface area (Å²) in [7, 11) is -15.8. The molecule has 0 unspecified atom stereocenters. The molecule has 8 nitrogen and oxygen atoms in total. The van der Waals surface area contributed by atoms with E-state index < -0.39 is 44.9 Å². The second-order valence-corrected chi connectivity index (χ2v) is 14.1. The van der Waals surface area contributed by atoms with Gasteiger partial charge in [-0.15, -0.1) is 0 Å². The van der Waals surface area contributed by atoms with Crippen LogP contribution in [0.3, 0.4) is 0 Å². The molecule has 0 spiro atoms. The first-order valence-electron chi connectivity index (χ1n) is 10.2. The van der Waals surface area contributed by atoms with Gasteiger partial charge >= 0.3 is 5.51 Å². The molecule has 0 aliphatic carbocycles. The summed E-state index contributed by atoms with van der Waals surface area (Å²) in [6.45, 7) is 4.33. The van der Waals surface area contributed by atoms with Gasteiger partial charge in [0.1, 0.15) is 10.0 Å². The predicted molar refractivity (Wildman–Crippen MR) is 122 cm³/mol. The highest BCUT2D eigenvalue weighted by Crippen LogP contribution is 2.39. The van der Waals surface area contributed by atoms with Crippen LogP contribution < -0.4 is 4.90 Å². The minimum Gasteiger partial charge on any atom is -0.375 e. The molecule has 0 N–H and O–H groups in total. The Labute approximate surface area is 194 Å². The number of sulfone groups is 2. The van der Waals surface area contributed by atoms with Gasteiger partial charge < -0.3 is 4.90 Å². The highest BCUT2D eigenvalue weighted by atomic mass is 32.3. The van der Waals surface area contributed by atoms with Gasteiger partial charge in [-0.05, 0) is 38.3 Å². The number of rotatable bonds is 13. The van der Waals surface area contributed by atoms with E-state index in [1.54, 1.807) is 24.1 Å². The number of benzene rings is 1. The molecule has 0 aromatic heterocycles. The molecule has 0 bridgehead atoms. The monoisotopic (exact) mass is 535 g/mol. The first kappa shape index (κ1) is 29.7. The normalized spacial score (nSPS) is 13.6. The summed E-state index contributed by atoms with van der Waals surface area (Å²) in [4.78, 5) is 1.63. The van der Waals surface area contributed by atoms with Gasteiger partial charge in [-0.1, -0.05) is 31.5 Å². The third kappa shape index (κ3) is 7.30. The molecule has 0 radical (unpaired) electrons. The second-order valence-electron chi connectivity index (χ2n) is 7.53. The largest absolute Gasteiger partial charge is 0.470 e. The highest BCUT2D eigenvalue weighted by Gasteiger charge is 2.52. The number of aryl methyl sites for hydroxylation is 1. The van der Waals surface area contributed by atoms with Gasteiger partial charge in [0, 0.05) is 38.1 Å². The summed E-state index contributed by atoms with van der Waals surface area (Å²) >= 11 is 0. The lowest BCUT2D eigenvalue weighted by Crippen LogP contribution is -2.46. The number of hydrogen-bond acceptors (Lipinski definition) is 7. The van der Waals surface area contributed by atoms with Crippen molar-refractivity contribution in [3.05, 3.63) is 33.7 Å². The molecule has 0 fully saturated rings. The molecular formula is C19H30F3N2O6S3-. The quantitative estimate of drug-likeness (QED) is 0.357. The van der Waals surface area contributed by atoms with E-state index in [-0.39, 0.29) is 38.9 Å². The van der Waals surface area contributed by atoms with E-state index in [2.05, 4.69) is 0 Å². The maximum absolute atomic E-state index is 13.3. The molecule has 1 rings (SSSR count). The molecule has 0 aliphatic rings. The van der Waals surface area contributed by atoms with Crippen molar-refractivity contribution in [3.63, 3.8) is 0 Å². The SMILES string of the molecule is CCCN(CCC)S(=O)(=O)[C-](S(=O)(=O)CCCN(C)c1ccc(C)cc1)S(=O)(=O)C(F)(F)F. The summed E-state index contributed by atoms with van der Waals surface area (Å²) in [5.41, 5.74) is -4.40. The summed E-state index contributed by atoms with van der Waals surface area (Å²) in [6, 6.07) is 7.14. The van der Waals surface area contributed by atoms with E-state index in [4.69, 9.17) is 0 Å². The molecule has 0 saturated carbocycles. The fraction of sp³-hybridized carbons (Fsp3) is 0.632. The Balaban J connectivity index is 3.30. The Kier molecular flexibility index (Phi) is 10.2. The number of hydrogen-bond donors (Lipinski definition) is 0. The van der Waals surface area contributed by atoms with Gasteiger partial charge in [-0.3, -0.25) is 16.8 Å². The lowest BCUT2D eigenvalue weighted by atomic mass is 10.2. The fourth-order valence-electron chi connectivity index (χ4n) is 3.02. The van der Waals surface area contributed by atoms with Crippen LogP contribution in [0.2, 0.25) is 0 Å². The zero-order valence-electron chi connectivity index (χ0n) is 19.0. The average Bonchev–Trinajstić information content (AvgIpc) is 2.66. The highest BCUT2D eigenvalue weighted by molar-refractivity contribution is 8.28. The van der Waals surface area contributed by atoms with E-state index in [9.17, 15) is 38.4 Å². The second kappa shape index (κ2) is 11.4. The molecule has 0 amide bonds. The van der Waals surface area contributed by atoms with Crippen LogP contribution in [0.5, 0.6) is 0 Å². The van der Waals surface area contributed by atoms with Crippen molar-refractivity contribution < 1.29 is 38.4 Å². The van der Waals surface area contributed by atoms with Crippen LogP contribution >= 0.6 is 0 Å². The first-order chi connectivity index (χ1) is 15.0. The topological polar surface area (TPSA) is 109 Å². The maximum Gasteiger partial charge on any atom is 0.470 e. The number of alkyl halides is 3. The number of sulfonamides is 1. The third-order valence-electron chi connectivity index (χ3n) is 4.66. The molecule has 0 saturated heterocycles. The molecule has 14 heteroatoms. The van der Waals surface area contributed by atoms with E-state index >= 15 is 0 Å². The Morgan fingerprint density at radius 3 is 1.79 bits per heavy atom. The zero-order valence-corrected chi connectivity index (χ0v) is 21.4. The van der Waals surface area contributed by atoms with Crippen molar-refractivity contribution in [3.8, 4) is 0 Å². The van der Waals surface area contributed by atoms with E-state index in [1.165, 1.54) is 13.8 Å². The van der Waals surface area contributed by atoms with Crippen LogP contribution in [-0.2, 0) is 29.7 Å². The van der Waals surface area contributed by atoms with Gasteiger partial charge in [0.15, 0.2) is 9.84 Å². The Morgan fingerprint density at radius 2 is 1.36 bits per heavy atom. The van der Waals surface area contributed by atoms with Gasteiger partial charge in [0.2, 0.25) is 0 Å². The minimum atomic E-state index is -6.66. The molecule has 1 aromatic carbocycles. The number of nitrogens with zero attached hydrogens (tertiary/aromatic N) is 2. The maximum atomic E-state index is 13.3. The van der Waals surface area contributed by atoms with Crippen molar-refractivity contribution in [2.75, 3.05) is 37.3 Å². The Morgan fingerprint density at radius 1 is 0.879 bits per heavy atom. The van der Waals surface area contributed by atoms with E-state index in [0.29, 0.717) is 9.99 Å². The molecule has 0 heterocycles. The van der Waals surface area contributed by atoms with E-state index in [0.717, 1.165) is 5.56 Å². The smallest absolute Gasteiger partial charge is 0.375 e. The van der Waals surface area contributed by atoms with Crippen LogP contribution in [0.25, 0.3) is 0 Å². The number of halogens is 3. The zero-order chi connectivity index (χ0) is 25.7. The average molecular weight is 536 g/mol. The summed E-state index contributed by atoms with van der Waals surface area (Å²) in [6.07, 6.45) is 0.0145. The Hall–Kier alpha value is -1.38. The van der Waals surface area contributed by atoms with Gasteiger partial charge in [0.05, 0.1) is 13.8 Å². The van der Waals surface area contributed by atoms with Gasteiger partial charge in [-0.25, -0.2) is 12.7 Å². The summed E-state index contributed by atoms with van der Waals surface area (Å²) in [5.74, 6) is -1.08. The molecule has 0 aliphatic heterocycles. The summed E-state index contributed by atoms with van der Waals surface area (Å²) in [5, 5.41) is 0. The third-order valence-corrected chi connectivity index (χ3v) is 12.6. The van der Waals surface area contributed by atoms with Crippen molar-refractivity contribution >= 4 is 35.4 Å². The first-order valence-corrected chi connectivity index (χ1v) is 14.8. The number of anilines is 1. The van der Waals surface area contributed by atoms with Gasteiger partial charge in [0.25, 0.3) is 0 Å². The van der Waals surface area contributed by atoms with Crippen molar-refractivity contribution in [1.29, 1.82) is 0 Å². The lowest BCUT2D eigenvalue weighted by molar-refractivity contribution is -0.0428. The predicted octanol–water partition coefficient (Wildman–Crippen LogP) is 3.07. The van der Waals surface area contributed by atoms with Crippen LogP contribution in [0.4, 0.5) is 18.9 Å². The van der Waals surface area contributed by atoms with Crippen molar-refractivity contribution in [2.24, 2.45) is 0 Å². The minimum absolute atomic E-state index is 0.0370. The molecule has 33 heavy (non-hydrogen) atoms. The Bertz CT molecular complexity index is 1080. The lowest BCUT2D eigenvalue weighted by Gasteiger charge is -2.36. The van der Waals surface area contributed by atoms with Crippen LogP contribution in [0.1, 0.15) is 38.7 Å². The summed E-state index contributed by atoms with van der Waals surface area (Å²) < 4.78 is 114. The molecular weight excluding hydrogens is 505 g/mol. The van der Waals surface area contributed by atoms with Crippen LogP contribution in [0.15, 0.2) is 24.3 Å². The van der Waals surface area contributed by atoms with Crippen LogP contribution in [0, 0.1) is 10.8 Å².